The minimum absolute atomic E-state index is 0.0500. The lowest BCUT2D eigenvalue weighted by molar-refractivity contribution is -0.120. The van der Waals surface area contributed by atoms with Gasteiger partial charge in [-0.15, -0.1) is 0 Å². The van der Waals surface area contributed by atoms with Gasteiger partial charge in [0.05, 0.1) is 5.69 Å². The van der Waals surface area contributed by atoms with Gasteiger partial charge in [0.1, 0.15) is 23.8 Å². The molecular weight excluding hydrogens is 374 g/mol. The third kappa shape index (κ3) is 4.56. The average Bonchev–Trinajstić information content (AvgIpc) is 2.76. The lowest BCUT2D eigenvalue weighted by Gasteiger charge is -2.32. The first-order valence-corrected chi connectivity index (χ1v) is 9.48. The summed E-state index contributed by atoms with van der Waals surface area (Å²) < 4.78 is 26.1. The second kappa shape index (κ2) is 8.34. The molecule has 1 aliphatic rings. The van der Waals surface area contributed by atoms with E-state index in [0.29, 0.717) is 31.6 Å². The van der Waals surface area contributed by atoms with E-state index in [2.05, 4.69) is 20.2 Å². The molecule has 1 amide bonds. The highest BCUT2D eigenvalue weighted by Gasteiger charge is 2.26. The normalized spacial score (nSPS) is 14.6. The Morgan fingerprint density at radius 3 is 2.21 bits per heavy atom. The molecule has 0 bridgehead atoms. The standard InChI is InChI=1S/C22H20F2N4O/c23-17-3-1-15(2-4-17)20-13-21(26-14-25-20)28-11-9-16(10-12-28)22(29)27-19-7-5-18(24)6-8-19/h1-8,13-14,16H,9-12H2,(H,27,29). The van der Waals surface area contributed by atoms with Gasteiger partial charge in [-0.25, -0.2) is 18.7 Å². The van der Waals surface area contributed by atoms with Crippen molar-refractivity contribution in [3.8, 4) is 11.3 Å². The number of carbonyl (C=O) groups is 1. The molecule has 29 heavy (non-hydrogen) atoms. The molecule has 2 heterocycles. The van der Waals surface area contributed by atoms with Crippen LogP contribution in [0.2, 0.25) is 0 Å². The van der Waals surface area contributed by atoms with Gasteiger partial charge >= 0.3 is 0 Å². The van der Waals surface area contributed by atoms with Crippen LogP contribution in [0.4, 0.5) is 20.3 Å². The Bertz CT molecular complexity index is 984. The van der Waals surface area contributed by atoms with Gasteiger partial charge < -0.3 is 10.2 Å². The number of piperidine rings is 1. The van der Waals surface area contributed by atoms with Gasteiger partial charge in [0.25, 0.3) is 0 Å². The van der Waals surface area contributed by atoms with Crippen molar-refractivity contribution in [3.63, 3.8) is 0 Å². The largest absolute Gasteiger partial charge is 0.356 e. The van der Waals surface area contributed by atoms with Gasteiger partial charge in [-0.1, -0.05) is 0 Å². The molecule has 7 heteroatoms. The van der Waals surface area contributed by atoms with E-state index < -0.39 is 0 Å². The van der Waals surface area contributed by atoms with E-state index in [1.54, 1.807) is 24.3 Å². The highest BCUT2D eigenvalue weighted by molar-refractivity contribution is 5.92. The first-order chi connectivity index (χ1) is 14.1. The predicted octanol–water partition coefficient (Wildman–Crippen LogP) is 4.28. The van der Waals surface area contributed by atoms with Crippen molar-refractivity contribution in [2.24, 2.45) is 5.92 Å². The zero-order valence-electron chi connectivity index (χ0n) is 15.7. The fraction of sp³-hybridized carbons (Fsp3) is 0.227. The number of halogens is 2. The predicted molar refractivity (Wildman–Crippen MR) is 107 cm³/mol. The number of carbonyl (C=O) groups excluding carboxylic acids is 1. The van der Waals surface area contributed by atoms with Crippen LogP contribution >= 0.6 is 0 Å². The molecule has 5 nitrogen and oxygen atoms in total. The van der Waals surface area contributed by atoms with Crippen LogP contribution < -0.4 is 10.2 Å². The number of benzene rings is 2. The van der Waals surface area contributed by atoms with Crippen LogP contribution in [0, 0.1) is 17.6 Å². The lowest BCUT2D eigenvalue weighted by atomic mass is 9.95. The topological polar surface area (TPSA) is 58.1 Å². The molecule has 0 saturated carbocycles. The summed E-state index contributed by atoms with van der Waals surface area (Å²) in [5.41, 5.74) is 2.15. The van der Waals surface area contributed by atoms with Crippen molar-refractivity contribution < 1.29 is 13.6 Å². The van der Waals surface area contributed by atoms with Crippen molar-refractivity contribution in [2.45, 2.75) is 12.8 Å². The molecule has 0 unspecified atom stereocenters. The zero-order chi connectivity index (χ0) is 20.2. The van der Waals surface area contributed by atoms with E-state index in [-0.39, 0.29) is 23.5 Å². The SMILES string of the molecule is O=C(Nc1ccc(F)cc1)C1CCN(c2cc(-c3ccc(F)cc3)ncn2)CC1. The number of hydrogen-bond donors (Lipinski definition) is 1. The van der Waals surface area contributed by atoms with Gasteiger partial charge in [0.15, 0.2) is 0 Å². The molecule has 0 aliphatic carbocycles. The molecule has 1 N–H and O–H groups in total. The Hall–Kier alpha value is -3.35. The maximum absolute atomic E-state index is 13.1. The summed E-state index contributed by atoms with van der Waals surface area (Å²) in [5.74, 6) is 0.0163. The van der Waals surface area contributed by atoms with Crippen LogP contribution in [0.15, 0.2) is 60.9 Å². The Kier molecular flexibility index (Phi) is 5.46. The third-order valence-electron chi connectivity index (χ3n) is 5.09. The Morgan fingerprint density at radius 1 is 0.931 bits per heavy atom. The molecule has 1 aliphatic heterocycles. The van der Waals surface area contributed by atoms with Crippen molar-refractivity contribution in [1.29, 1.82) is 0 Å². The number of nitrogens with zero attached hydrogens (tertiary/aromatic N) is 3. The van der Waals surface area contributed by atoms with E-state index in [0.717, 1.165) is 17.1 Å². The Morgan fingerprint density at radius 2 is 1.55 bits per heavy atom. The number of rotatable bonds is 4. The zero-order valence-corrected chi connectivity index (χ0v) is 15.7. The molecular formula is C22H20F2N4O. The highest BCUT2D eigenvalue weighted by Crippen LogP contribution is 2.26. The molecule has 3 aromatic rings. The third-order valence-corrected chi connectivity index (χ3v) is 5.09. The first-order valence-electron chi connectivity index (χ1n) is 9.48. The number of aromatic nitrogens is 2. The second-order valence-electron chi connectivity index (χ2n) is 7.03. The Balaban J connectivity index is 1.38. The van der Waals surface area contributed by atoms with Gasteiger partial charge in [0, 0.05) is 36.3 Å². The average molecular weight is 394 g/mol. The fourth-order valence-corrected chi connectivity index (χ4v) is 3.45. The Labute approximate surface area is 167 Å². The number of hydrogen-bond acceptors (Lipinski definition) is 4. The summed E-state index contributed by atoms with van der Waals surface area (Å²) in [5, 5.41) is 2.85. The van der Waals surface area contributed by atoms with Gasteiger partial charge in [-0.3, -0.25) is 4.79 Å². The minimum Gasteiger partial charge on any atom is -0.356 e. The molecule has 2 aromatic carbocycles. The van der Waals surface area contributed by atoms with Crippen molar-refractivity contribution >= 4 is 17.4 Å². The molecule has 1 fully saturated rings. The van der Waals surface area contributed by atoms with Gasteiger partial charge in [0.2, 0.25) is 5.91 Å². The summed E-state index contributed by atoms with van der Waals surface area (Å²) in [6, 6.07) is 13.8. The molecule has 1 saturated heterocycles. The monoisotopic (exact) mass is 394 g/mol. The van der Waals surface area contributed by atoms with Crippen LogP contribution in [0.3, 0.4) is 0 Å². The van der Waals surface area contributed by atoms with E-state index in [9.17, 15) is 13.6 Å². The number of anilines is 2. The minimum atomic E-state index is -0.332. The summed E-state index contributed by atoms with van der Waals surface area (Å²) in [6.45, 7) is 1.39. The summed E-state index contributed by atoms with van der Waals surface area (Å²) in [4.78, 5) is 23.2. The maximum atomic E-state index is 13.1. The van der Waals surface area contributed by atoms with Gasteiger partial charge in [-0.05, 0) is 61.4 Å². The maximum Gasteiger partial charge on any atom is 0.227 e. The summed E-state index contributed by atoms with van der Waals surface area (Å²) in [6.07, 6.45) is 2.90. The molecule has 1 aromatic heterocycles. The van der Waals surface area contributed by atoms with Crippen LogP contribution in [-0.2, 0) is 4.79 Å². The summed E-state index contributed by atoms with van der Waals surface area (Å²) >= 11 is 0. The molecule has 148 valence electrons. The molecule has 0 spiro atoms. The summed E-state index contributed by atoms with van der Waals surface area (Å²) in [7, 11) is 0. The van der Waals surface area contributed by atoms with E-state index in [4.69, 9.17) is 0 Å². The van der Waals surface area contributed by atoms with E-state index >= 15 is 0 Å². The quantitative estimate of drug-likeness (QED) is 0.718. The molecule has 0 atom stereocenters. The van der Waals surface area contributed by atoms with Crippen LogP contribution in [-0.4, -0.2) is 29.0 Å². The fourth-order valence-electron chi connectivity index (χ4n) is 3.45. The van der Waals surface area contributed by atoms with Gasteiger partial charge in [-0.2, -0.15) is 0 Å². The van der Waals surface area contributed by atoms with Crippen LogP contribution in [0.25, 0.3) is 11.3 Å². The number of amides is 1. The van der Waals surface area contributed by atoms with E-state index in [1.165, 1.54) is 30.6 Å². The van der Waals surface area contributed by atoms with Crippen LogP contribution in [0.5, 0.6) is 0 Å². The molecule has 0 radical (unpaired) electrons. The van der Waals surface area contributed by atoms with Crippen molar-refractivity contribution in [1.82, 2.24) is 9.97 Å². The first kappa shape index (κ1) is 19.0. The second-order valence-corrected chi connectivity index (χ2v) is 7.03. The van der Waals surface area contributed by atoms with E-state index in [1.807, 2.05) is 6.07 Å². The van der Waals surface area contributed by atoms with Crippen molar-refractivity contribution in [2.75, 3.05) is 23.3 Å². The van der Waals surface area contributed by atoms with Crippen molar-refractivity contribution in [3.05, 3.63) is 72.6 Å². The van der Waals surface area contributed by atoms with Crippen LogP contribution in [0.1, 0.15) is 12.8 Å². The smallest absolute Gasteiger partial charge is 0.227 e. The number of nitrogens with one attached hydrogen (secondary N) is 1. The molecule has 4 rings (SSSR count). The highest BCUT2D eigenvalue weighted by atomic mass is 19.1. The lowest BCUT2D eigenvalue weighted by Crippen LogP contribution is -2.38.